The minimum absolute atomic E-state index is 0.481. The smallest absolute Gasteiger partial charge is 0.188 e. The number of hydrogen-bond acceptors (Lipinski definition) is 6. The van der Waals surface area contributed by atoms with Crippen molar-refractivity contribution in [2.75, 3.05) is 6.61 Å². The number of ether oxygens (including phenoxy) is 3. The summed E-state index contributed by atoms with van der Waals surface area (Å²) in [7, 11) is 0. The first-order chi connectivity index (χ1) is 7.98. The molecule has 2 rings (SSSR count). The molecule has 0 bridgehead atoms. The van der Waals surface area contributed by atoms with Gasteiger partial charge in [0, 0.05) is 4.91 Å². The Kier molecular flexibility index (Phi) is 3.26. The van der Waals surface area contributed by atoms with Gasteiger partial charge in [-0.3, -0.25) is 0 Å². The standard InChI is InChI=1S/C9H15N3O5/c1-9(2)16-7-5(11-12-10)6(4(14)3-13)15-8(7)17-9/h4-8,13-14H,3H2,1-2H3/t4-,5-,6+,7+,8+/m0/s1. The normalized spacial score (nSPS) is 40.7. The van der Waals surface area contributed by atoms with E-state index in [1.54, 1.807) is 13.8 Å². The summed E-state index contributed by atoms with van der Waals surface area (Å²) < 4.78 is 16.4. The average molecular weight is 245 g/mol. The topological polar surface area (TPSA) is 117 Å². The Hall–Kier alpha value is -0.890. The monoisotopic (exact) mass is 245 g/mol. The number of azide groups is 1. The second kappa shape index (κ2) is 4.41. The van der Waals surface area contributed by atoms with E-state index in [9.17, 15) is 5.11 Å². The molecular weight excluding hydrogens is 230 g/mol. The van der Waals surface area contributed by atoms with E-state index in [4.69, 9.17) is 24.8 Å². The fourth-order valence-corrected chi connectivity index (χ4v) is 2.13. The van der Waals surface area contributed by atoms with Crippen LogP contribution in [-0.2, 0) is 14.2 Å². The van der Waals surface area contributed by atoms with Crippen LogP contribution in [0.25, 0.3) is 10.4 Å². The molecule has 0 aromatic carbocycles. The molecule has 0 aliphatic carbocycles. The van der Waals surface area contributed by atoms with E-state index in [1.807, 2.05) is 0 Å². The molecule has 2 saturated heterocycles. The van der Waals surface area contributed by atoms with Crippen molar-refractivity contribution in [2.45, 2.75) is 50.3 Å². The molecule has 2 aliphatic heterocycles. The first-order valence-corrected chi connectivity index (χ1v) is 5.33. The Morgan fingerprint density at radius 2 is 2.18 bits per heavy atom. The third-order valence-electron chi connectivity index (χ3n) is 2.80. The molecule has 17 heavy (non-hydrogen) atoms. The van der Waals surface area contributed by atoms with Gasteiger partial charge in [-0.05, 0) is 19.4 Å². The van der Waals surface area contributed by atoms with Crippen molar-refractivity contribution in [1.82, 2.24) is 0 Å². The molecule has 0 amide bonds. The van der Waals surface area contributed by atoms with Crippen molar-refractivity contribution in [2.24, 2.45) is 5.11 Å². The van der Waals surface area contributed by atoms with Crippen LogP contribution in [0.3, 0.4) is 0 Å². The van der Waals surface area contributed by atoms with E-state index < -0.39 is 43.0 Å². The highest BCUT2D eigenvalue weighted by atomic mass is 16.8. The van der Waals surface area contributed by atoms with Crippen molar-refractivity contribution >= 4 is 0 Å². The third kappa shape index (κ3) is 2.23. The first kappa shape index (κ1) is 12.6. The first-order valence-electron chi connectivity index (χ1n) is 5.33. The van der Waals surface area contributed by atoms with E-state index in [-0.39, 0.29) is 0 Å². The summed E-state index contributed by atoms with van der Waals surface area (Å²) in [5.74, 6) is -0.812. The van der Waals surface area contributed by atoms with Crippen LogP contribution in [0.2, 0.25) is 0 Å². The van der Waals surface area contributed by atoms with E-state index in [1.165, 1.54) is 0 Å². The molecule has 8 heteroatoms. The van der Waals surface area contributed by atoms with Gasteiger partial charge in [-0.2, -0.15) is 0 Å². The van der Waals surface area contributed by atoms with Crippen LogP contribution in [0.4, 0.5) is 0 Å². The second-order valence-electron chi connectivity index (χ2n) is 4.51. The van der Waals surface area contributed by atoms with Crippen molar-refractivity contribution in [3.63, 3.8) is 0 Å². The summed E-state index contributed by atoms with van der Waals surface area (Å²) in [6, 6.07) is -0.714. The molecule has 2 aliphatic rings. The molecule has 96 valence electrons. The fraction of sp³-hybridized carbons (Fsp3) is 1.00. The highest BCUT2D eigenvalue weighted by Gasteiger charge is 2.55. The van der Waals surface area contributed by atoms with E-state index in [0.717, 1.165) is 0 Å². The quantitative estimate of drug-likeness (QED) is 0.409. The Morgan fingerprint density at radius 3 is 2.76 bits per heavy atom. The Morgan fingerprint density at radius 1 is 1.47 bits per heavy atom. The van der Waals surface area contributed by atoms with Gasteiger partial charge in [-0.1, -0.05) is 5.11 Å². The minimum atomic E-state index is -1.13. The highest BCUT2D eigenvalue weighted by Crippen LogP contribution is 2.39. The number of aliphatic hydroxyl groups is 2. The zero-order valence-electron chi connectivity index (χ0n) is 9.55. The number of nitrogens with zero attached hydrogens (tertiary/aromatic N) is 3. The minimum Gasteiger partial charge on any atom is -0.394 e. The van der Waals surface area contributed by atoms with Gasteiger partial charge >= 0.3 is 0 Å². The van der Waals surface area contributed by atoms with Crippen molar-refractivity contribution in [3.05, 3.63) is 10.4 Å². The number of aliphatic hydroxyl groups excluding tert-OH is 2. The lowest BCUT2D eigenvalue weighted by Crippen LogP contribution is -2.41. The van der Waals surface area contributed by atoms with Crippen LogP contribution < -0.4 is 0 Å². The van der Waals surface area contributed by atoms with E-state index in [2.05, 4.69) is 10.0 Å². The van der Waals surface area contributed by atoms with Crippen LogP contribution in [-0.4, -0.2) is 53.3 Å². The van der Waals surface area contributed by atoms with Gasteiger partial charge in [0.2, 0.25) is 0 Å². The van der Waals surface area contributed by atoms with Gasteiger partial charge in [0.25, 0.3) is 0 Å². The predicted octanol–water partition coefficient (Wildman–Crippen LogP) is -0.105. The zero-order valence-corrected chi connectivity index (χ0v) is 9.55. The molecule has 0 unspecified atom stereocenters. The van der Waals surface area contributed by atoms with E-state index >= 15 is 0 Å². The average Bonchev–Trinajstić information content (AvgIpc) is 2.72. The number of hydrogen-bond donors (Lipinski definition) is 2. The molecule has 0 spiro atoms. The maximum Gasteiger partial charge on any atom is 0.188 e. The molecule has 2 N–H and O–H groups in total. The van der Waals surface area contributed by atoms with Gasteiger partial charge < -0.3 is 24.4 Å². The lowest BCUT2D eigenvalue weighted by molar-refractivity contribution is -0.217. The largest absolute Gasteiger partial charge is 0.394 e. The highest BCUT2D eigenvalue weighted by molar-refractivity contribution is 5.00. The van der Waals surface area contributed by atoms with E-state index in [0.29, 0.717) is 0 Å². The van der Waals surface area contributed by atoms with Gasteiger partial charge in [0.15, 0.2) is 12.1 Å². The predicted molar refractivity (Wildman–Crippen MR) is 54.7 cm³/mol. The molecule has 0 radical (unpaired) electrons. The lowest BCUT2D eigenvalue weighted by atomic mass is 10.0. The fourth-order valence-electron chi connectivity index (χ4n) is 2.13. The molecule has 2 heterocycles. The lowest BCUT2D eigenvalue weighted by Gasteiger charge is -2.25. The van der Waals surface area contributed by atoms with Crippen LogP contribution in [0.15, 0.2) is 5.11 Å². The number of fused-ring (bicyclic) bond motifs is 1. The summed E-state index contributed by atoms with van der Waals surface area (Å²) in [6.45, 7) is 2.96. The van der Waals surface area contributed by atoms with Crippen LogP contribution in [0.5, 0.6) is 0 Å². The van der Waals surface area contributed by atoms with Crippen LogP contribution >= 0.6 is 0 Å². The zero-order chi connectivity index (χ0) is 12.6. The van der Waals surface area contributed by atoms with Gasteiger partial charge in [-0.25, -0.2) is 0 Å². The molecular formula is C9H15N3O5. The van der Waals surface area contributed by atoms with Crippen molar-refractivity contribution in [1.29, 1.82) is 0 Å². The molecule has 8 nitrogen and oxygen atoms in total. The van der Waals surface area contributed by atoms with Crippen molar-refractivity contribution in [3.8, 4) is 0 Å². The summed E-state index contributed by atoms with van der Waals surface area (Å²) in [5.41, 5.74) is 8.51. The second-order valence-corrected chi connectivity index (χ2v) is 4.51. The van der Waals surface area contributed by atoms with Gasteiger partial charge in [0.05, 0.1) is 12.6 Å². The summed E-state index contributed by atoms with van der Waals surface area (Å²) in [4.78, 5) is 2.71. The summed E-state index contributed by atoms with van der Waals surface area (Å²) >= 11 is 0. The SMILES string of the molecule is CC1(C)O[C@H]2O[C@H]([C@@H](O)CO)[C@H](N=[N+]=[N-])[C@H]2O1. The van der Waals surface area contributed by atoms with Crippen molar-refractivity contribution < 1.29 is 24.4 Å². The number of rotatable bonds is 3. The van der Waals surface area contributed by atoms with Gasteiger partial charge in [0.1, 0.15) is 18.3 Å². The summed E-state index contributed by atoms with van der Waals surface area (Å²) in [5, 5.41) is 22.0. The molecule has 5 atom stereocenters. The van der Waals surface area contributed by atoms with Gasteiger partial charge in [-0.15, -0.1) is 0 Å². The Balaban J connectivity index is 2.18. The maximum atomic E-state index is 9.57. The third-order valence-corrected chi connectivity index (χ3v) is 2.80. The molecule has 0 saturated carbocycles. The maximum absolute atomic E-state index is 9.57. The Bertz CT molecular complexity index is 344. The molecule has 0 aromatic heterocycles. The van der Waals surface area contributed by atoms with Crippen LogP contribution in [0.1, 0.15) is 13.8 Å². The van der Waals surface area contributed by atoms with Crippen LogP contribution in [0, 0.1) is 0 Å². The molecule has 0 aromatic rings. The molecule has 2 fully saturated rings. The summed E-state index contributed by atoms with van der Waals surface area (Å²) in [6.07, 6.45) is -3.20. The Labute approximate surface area is 97.7 Å².